The van der Waals surface area contributed by atoms with Gasteiger partial charge in [-0.1, -0.05) is 36.4 Å². The van der Waals surface area contributed by atoms with E-state index in [1.165, 1.54) is 0 Å². The molecule has 1 N–H and O–H groups in total. The van der Waals surface area contributed by atoms with Gasteiger partial charge in [-0.3, -0.25) is 19.1 Å². The third-order valence-electron chi connectivity index (χ3n) is 7.70. The summed E-state index contributed by atoms with van der Waals surface area (Å²) in [4.78, 5) is 26.6. The summed E-state index contributed by atoms with van der Waals surface area (Å²) in [6, 6.07) is 15.1. The van der Waals surface area contributed by atoms with Crippen molar-refractivity contribution in [2.75, 3.05) is 6.61 Å². The zero-order valence-corrected chi connectivity index (χ0v) is 22.1. The lowest BCUT2D eigenvalue weighted by molar-refractivity contribution is -0.122. The number of rotatable bonds is 6. The molecule has 2 aromatic heterocycles. The second-order valence-corrected chi connectivity index (χ2v) is 11.7. The van der Waals surface area contributed by atoms with Gasteiger partial charge >= 0.3 is 15.6 Å². The molecule has 2 aliphatic heterocycles. The molecule has 208 valence electrons. The van der Waals surface area contributed by atoms with Crippen molar-refractivity contribution in [3.05, 3.63) is 71.5 Å². The first-order valence-corrected chi connectivity index (χ1v) is 14.1. The van der Waals surface area contributed by atoms with E-state index in [2.05, 4.69) is 9.50 Å². The smallest absolute Gasteiger partial charge is 0.350 e. The average Bonchev–Trinajstić information content (AvgIpc) is 3.51. The number of imide groups is 1. The molecule has 40 heavy (non-hydrogen) atoms. The number of alkyl halides is 3. The van der Waals surface area contributed by atoms with Gasteiger partial charge in [0.25, 0.3) is 11.8 Å². The molecule has 1 atom stereocenters. The highest BCUT2D eigenvalue weighted by Crippen LogP contribution is 2.43. The molecule has 4 aromatic rings. The largest absolute Gasteiger partial charge is 0.523 e. The highest BCUT2D eigenvalue weighted by molar-refractivity contribution is 7.87. The van der Waals surface area contributed by atoms with Crippen LogP contribution in [0, 0.1) is 5.92 Å². The molecule has 0 saturated carbocycles. The van der Waals surface area contributed by atoms with Crippen LogP contribution < -0.4 is 5.32 Å². The second kappa shape index (κ2) is 9.34. The number of nitrogens with zero attached hydrogens (tertiary/aromatic N) is 2. The van der Waals surface area contributed by atoms with E-state index in [4.69, 9.17) is 0 Å². The van der Waals surface area contributed by atoms with Gasteiger partial charge in [0.2, 0.25) is 0 Å². The summed E-state index contributed by atoms with van der Waals surface area (Å²) < 4.78 is 68.6. The Morgan fingerprint density at radius 1 is 0.975 bits per heavy atom. The Kier molecular flexibility index (Phi) is 6.15. The van der Waals surface area contributed by atoms with Crippen molar-refractivity contribution in [1.82, 2.24) is 14.5 Å². The average molecular weight is 572 g/mol. The number of hydrogen-bond acceptors (Lipinski definition) is 5. The van der Waals surface area contributed by atoms with Crippen LogP contribution in [0.25, 0.3) is 33.0 Å². The van der Waals surface area contributed by atoms with E-state index in [0.29, 0.717) is 41.7 Å². The van der Waals surface area contributed by atoms with Crippen molar-refractivity contribution < 1.29 is 35.4 Å². The topological polar surface area (TPSA) is 99.4 Å². The highest BCUT2D eigenvalue weighted by atomic mass is 32.2. The van der Waals surface area contributed by atoms with E-state index in [1.807, 2.05) is 70.9 Å². The van der Waals surface area contributed by atoms with Gasteiger partial charge in [-0.2, -0.15) is 21.6 Å². The zero-order valence-electron chi connectivity index (χ0n) is 21.3. The normalized spacial score (nSPS) is 18.1. The summed E-state index contributed by atoms with van der Waals surface area (Å²) in [6.07, 6.45) is 2.98. The fraction of sp³-hybridized carbons (Fsp3) is 0.286. The second-order valence-electron chi connectivity index (χ2n) is 10.1. The third-order valence-corrected chi connectivity index (χ3v) is 8.75. The monoisotopic (exact) mass is 571 g/mol. The number of carbonyl (C=O) groups excluding carboxylic acids is 2. The fourth-order valence-electron chi connectivity index (χ4n) is 5.91. The molecule has 0 bridgehead atoms. The molecule has 1 unspecified atom stereocenters. The van der Waals surface area contributed by atoms with Gasteiger partial charge in [-0.15, -0.1) is 0 Å². The van der Waals surface area contributed by atoms with Gasteiger partial charge in [0, 0.05) is 58.4 Å². The lowest BCUT2D eigenvalue weighted by Crippen LogP contribution is -2.27. The Bertz CT molecular complexity index is 1850. The summed E-state index contributed by atoms with van der Waals surface area (Å²) in [5.74, 6) is -1.11. The predicted molar refractivity (Wildman–Crippen MR) is 142 cm³/mol. The molecule has 12 heteroatoms. The molecule has 0 radical (unpaired) electrons. The zero-order chi connectivity index (χ0) is 28.4. The standard InChI is InChI=1S/C28H24F3N3O5S/c1-33-15-19(17-6-2-4-8-20(17)33)24-25(27(36)32-26(24)35)23-18-7-3-5-9-21(18)34-14-16(10-11-22(23)34)12-13-39-40(37,38)28(29,30)31/h2-9,15-16H,10-14H2,1H3,(H,32,35,36). The minimum absolute atomic E-state index is 0.111. The van der Waals surface area contributed by atoms with Crippen molar-refractivity contribution in [2.24, 2.45) is 13.0 Å². The number of fused-ring (bicyclic) bond motifs is 4. The molecule has 0 aliphatic carbocycles. The van der Waals surface area contributed by atoms with Crippen molar-refractivity contribution in [3.8, 4) is 0 Å². The van der Waals surface area contributed by atoms with Crippen molar-refractivity contribution >= 4 is 54.9 Å². The Morgan fingerprint density at radius 3 is 2.35 bits per heavy atom. The maximum Gasteiger partial charge on any atom is 0.523 e. The number of nitrogens with one attached hydrogen (secondary N) is 1. The minimum atomic E-state index is -5.65. The molecule has 2 amide bonds. The number of benzene rings is 2. The molecular formula is C28H24F3N3O5S. The van der Waals surface area contributed by atoms with E-state index in [9.17, 15) is 31.2 Å². The first kappa shape index (κ1) is 26.3. The Morgan fingerprint density at radius 2 is 1.62 bits per heavy atom. The van der Waals surface area contributed by atoms with E-state index < -0.39 is 34.0 Å². The van der Waals surface area contributed by atoms with Gasteiger partial charge < -0.3 is 9.13 Å². The lowest BCUT2D eigenvalue weighted by Gasteiger charge is -2.26. The van der Waals surface area contributed by atoms with Gasteiger partial charge in [-0.05, 0) is 37.3 Å². The van der Waals surface area contributed by atoms with Gasteiger partial charge in [0.05, 0.1) is 17.8 Å². The van der Waals surface area contributed by atoms with Crippen molar-refractivity contribution in [1.29, 1.82) is 0 Å². The van der Waals surface area contributed by atoms with E-state index in [-0.39, 0.29) is 12.3 Å². The van der Waals surface area contributed by atoms with Crippen LogP contribution in [0.4, 0.5) is 13.2 Å². The van der Waals surface area contributed by atoms with Crippen LogP contribution >= 0.6 is 0 Å². The van der Waals surface area contributed by atoms with Crippen LogP contribution in [0.1, 0.15) is 29.7 Å². The number of hydrogen-bond donors (Lipinski definition) is 1. The first-order chi connectivity index (χ1) is 19.0. The number of amides is 2. The van der Waals surface area contributed by atoms with Gasteiger partial charge in [0.1, 0.15) is 0 Å². The minimum Gasteiger partial charge on any atom is -0.350 e. The van der Waals surface area contributed by atoms with Crippen molar-refractivity contribution in [2.45, 2.75) is 31.3 Å². The van der Waals surface area contributed by atoms with Crippen LogP contribution in [-0.2, 0) is 43.9 Å². The fourth-order valence-corrected chi connectivity index (χ4v) is 6.36. The summed E-state index contributed by atoms with van der Waals surface area (Å²) in [5, 5.41) is 4.10. The summed E-state index contributed by atoms with van der Waals surface area (Å²) in [5.41, 5.74) is -0.978. The lowest BCUT2D eigenvalue weighted by atomic mass is 9.90. The van der Waals surface area contributed by atoms with Crippen LogP contribution in [-0.4, -0.2) is 41.5 Å². The summed E-state index contributed by atoms with van der Waals surface area (Å²) >= 11 is 0. The molecule has 4 heterocycles. The number of carbonyl (C=O) groups is 2. The number of para-hydroxylation sites is 2. The highest BCUT2D eigenvalue weighted by Gasteiger charge is 2.47. The predicted octanol–water partition coefficient (Wildman–Crippen LogP) is 4.52. The Hall–Kier alpha value is -3.90. The maximum atomic E-state index is 13.3. The SMILES string of the molecule is Cn1cc(C2=C(c3c4n(c5ccccc35)CC(CCOS(=O)(=O)C(F)(F)F)CC4)C(=O)NC2=O)c2ccccc21. The molecule has 0 spiro atoms. The maximum absolute atomic E-state index is 13.3. The number of aromatic nitrogens is 2. The quantitative estimate of drug-likeness (QED) is 0.209. The molecule has 0 saturated heterocycles. The molecule has 2 aliphatic rings. The van der Waals surface area contributed by atoms with Crippen LogP contribution in [0.3, 0.4) is 0 Å². The number of aryl methyl sites for hydroxylation is 1. The Labute approximate surface area is 227 Å². The van der Waals surface area contributed by atoms with E-state index >= 15 is 0 Å². The van der Waals surface area contributed by atoms with Crippen LogP contribution in [0.5, 0.6) is 0 Å². The summed E-state index contributed by atoms with van der Waals surface area (Å²) in [7, 11) is -3.77. The van der Waals surface area contributed by atoms with E-state index in [0.717, 1.165) is 27.5 Å². The third kappa shape index (κ3) is 4.13. The van der Waals surface area contributed by atoms with Crippen LogP contribution in [0.2, 0.25) is 0 Å². The number of halogens is 3. The van der Waals surface area contributed by atoms with Crippen molar-refractivity contribution in [3.63, 3.8) is 0 Å². The van der Waals surface area contributed by atoms with Gasteiger partial charge in [0.15, 0.2) is 0 Å². The summed E-state index contributed by atoms with van der Waals surface area (Å²) in [6.45, 7) is -0.182. The van der Waals surface area contributed by atoms with Crippen LogP contribution in [0.15, 0.2) is 54.7 Å². The van der Waals surface area contributed by atoms with Gasteiger partial charge in [-0.25, -0.2) is 0 Å². The molecule has 6 rings (SSSR count). The molecule has 2 aromatic carbocycles. The van der Waals surface area contributed by atoms with E-state index in [1.54, 1.807) is 0 Å². The molecular weight excluding hydrogens is 547 g/mol. The first-order valence-electron chi connectivity index (χ1n) is 12.7. The Balaban J connectivity index is 1.43. The molecule has 0 fully saturated rings. The molecule has 8 nitrogen and oxygen atoms in total.